The molecule has 154 valence electrons. The molecule has 0 aliphatic rings. The summed E-state index contributed by atoms with van der Waals surface area (Å²) in [6.07, 6.45) is 1.22. The molecule has 0 spiro atoms. The summed E-state index contributed by atoms with van der Waals surface area (Å²) in [5, 5.41) is 14.1. The number of hydrogen-bond acceptors (Lipinski definition) is 7. The molecule has 1 amide bonds. The van der Waals surface area contributed by atoms with Crippen molar-refractivity contribution >= 4 is 28.2 Å². The molecule has 3 aromatic carbocycles. The minimum atomic E-state index is -0.509. The highest BCUT2D eigenvalue weighted by molar-refractivity contribution is 5.93. The number of non-ortho nitro benzene ring substituents is 1. The lowest BCUT2D eigenvalue weighted by molar-refractivity contribution is -0.384. The van der Waals surface area contributed by atoms with E-state index in [2.05, 4.69) is 15.3 Å². The van der Waals surface area contributed by atoms with E-state index >= 15 is 0 Å². The van der Waals surface area contributed by atoms with E-state index in [1.807, 2.05) is 30.3 Å². The third-order valence-electron chi connectivity index (χ3n) is 4.27. The number of anilines is 1. The number of nitrogens with zero attached hydrogens (tertiary/aromatic N) is 3. The van der Waals surface area contributed by atoms with Gasteiger partial charge in [0.05, 0.1) is 21.5 Å². The molecule has 1 aromatic heterocycles. The van der Waals surface area contributed by atoms with Crippen LogP contribution in [0.3, 0.4) is 0 Å². The lowest BCUT2D eigenvalue weighted by Crippen LogP contribution is -2.20. The van der Waals surface area contributed by atoms with Crippen LogP contribution in [-0.4, -0.2) is 27.4 Å². The Morgan fingerprint density at radius 3 is 2.58 bits per heavy atom. The highest BCUT2D eigenvalue weighted by Gasteiger charge is 2.13. The second-order valence-corrected chi connectivity index (χ2v) is 6.39. The molecule has 0 aliphatic heterocycles. The maximum Gasteiger partial charge on any atom is 0.271 e. The van der Waals surface area contributed by atoms with Gasteiger partial charge >= 0.3 is 0 Å². The third kappa shape index (κ3) is 4.73. The van der Waals surface area contributed by atoms with Gasteiger partial charge in [-0.25, -0.2) is 9.97 Å². The summed E-state index contributed by atoms with van der Waals surface area (Å²) >= 11 is 0. The predicted molar refractivity (Wildman–Crippen MR) is 113 cm³/mol. The van der Waals surface area contributed by atoms with E-state index in [0.717, 1.165) is 0 Å². The van der Waals surface area contributed by atoms with Crippen LogP contribution in [0.4, 0.5) is 11.4 Å². The first-order valence-corrected chi connectivity index (χ1v) is 9.24. The Balaban J connectivity index is 1.45. The Bertz CT molecular complexity index is 1250. The van der Waals surface area contributed by atoms with Crippen LogP contribution in [0.5, 0.6) is 17.4 Å². The van der Waals surface area contributed by atoms with Gasteiger partial charge in [-0.3, -0.25) is 14.9 Å². The zero-order valence-electron chi connectivity index (χ0n) is 16.1. The van der Waals surface area contributed by atoms with Crippen LogP contribution >= 0.6 is 0 Å². The highest BCUT2D eigenvalue weighted by atomic mass is 16.6. The fraction of sp³-hybridized carbons (Fsp3) is 0.0455. The Kier molecular flexibility index (Phi) is 5.66. The van der Waals surface area contributed by atoms with Gasteiger partial charge in [-0.05, 0) is 30.3 Å². The Hall–Kier alpha value is -4.53. The zero-order valence-corrected chi connectivity index (χ0v) is 16.1. The van der Waals surface area contributed by atoms with Crippen LogP contribution in [0.1, 0.15) is 0 Å². The molecule has 9 heteroatoms. The predicted octanol–water partition coefficient (Wildman–Crippen LogP) is 4.35. The number of para-hydroxylation sites is 3. The lowest BCUT2D eigenvalue weighted by atomic mass is 10.2. The van der Waals surface area contributed by atoms with E-state index in [9.17, 15) is 14.9 Å². The molecule has 1 N–H and O–H groups in total. The number of fused-ring (bicyclic) bond motifs is 1. The molecule has 4 rings (SSSR count). The van der Waals surface area contributed by atoms with E-state index in [1.165, 1.54) is 24.5 Å². The fourth-order valence-corrected chi connectivity index (χ4v) is 2.84. The highest BCUT2D eigenvalue weighted by Crippen LogP contribution is 2.29. The SMILES string of the molecule is O=C(COc1ncnc2cc([N+](=O)[O-])ccc12)Nc1ccccc1Oc1ccccc1. The molecule has 0 saturated heterocycles. The molecule has 31 heavy (non-hydrogen) atoms. The van der Waals surface area contributed by atoms with Gasteiger partial charge in [0.15, 0.2) is 12.4 Å². The Labute approximate surface area is 176 Å². The van der Waals surface area contributed by atoms with Crippen molar-refractivity contribution in [3.05, 3.63) is 89.2 Å². The smallest absolute Gasteiger partial charge is 0.271 e. The van der Waals surface area contributed by atoms with E-state index in [4.69, 9.17) is 9.47 Å². The number of hydrogen-bond donors (Lipinski definition) is 1. The van der Waals surface area contributed by atoms with Crippen molar-refractivity contribution in [1.29, 1.82) is 0 Å². The molecule has 0 bridgehead atoms. The van der Waals surface area contributed by atoms with Crippen molar-refractivity contribution in [2.24, 2.45) is 0 Å². The largest absolute Gasteiger partial charge is 0.467 e. The summed E-state index contributed by atoms with van der Waals surface area (Å²) in [6.45, 7) is -0.317. The average molecular weight is 416 g/mol. The monoisotopic (exact) mass is 416 g/mol. The second kappa shape index (κ2) is 8.87. The van der Waals surface area contributed by atoms with Crippen LogP contribution < -0.4 is 14.8 Å². The first-order chi connectivity index (χ1) is 15.1. The molecule has 0 fully saturated rings. The fourth-order valence-electron chi connectivity index (χ4n) is 2.84. The number of aromatic nitrogens is 2. The molecule has 1 heterocycles. The quantitative estimate of drug-likeness (QED) is 0.352. The van der Waals surface area contributed by atoms with E-state index in [0.29, 0.717) is 28.1 Å². The van der Waals surface area contributed by atoms with Crippen LogP contribution in [0.2, 0.25) is 0 Å². The first-order valence-electron chi connectivity index (χ1n) is 9.24. The molecular formula is C22H16N4O5. The minimum Gasteiger partial charge on any atom is -0.467 e. The van der Waals surface area contributed by atoms with Crippen LogP contribution in [0, 0.1) is 10.1 Å². The zero-order chi connectivity index (χ0) is 21.6. The van der Waals surface area contributed by atoms with Gasteiger partial charge < -0.3 is 14.8 Å². The van der Waals surface area contributed by atoms with E-state index in [-0.39, 0.29) is 18.2 Å². The number of carbonyl (C=O) groups is 1. The normalized spacial score (nSPS) is 10.5. The summed E-state index contributed by atoms with van der Waals surface area (Å²) in [5.41, 5.74) is 0.745. The van der Waals surface area contributed by atoms with Crippen LogP contribution in [-0.2, 0) is 4.79 Å². The number of nitro groups is 1. The molecule has 0 unspecified atom stereocenters. The number of carbonyl (C=O) groups excluding carboxylic acids is 1. The van der Waals surface area contributed by atoms with Crippen molar-refractivity contribution in [3.63, 3.8) is 0 Å². The van der Waals surface area contributed by atoms with Gasteiger partial charge in [0.2, 0.25) is 5.88 Å². The van der Waals surface area contributed by atoms with Gasteiger partial charge in [0.25, 0.3) is 11.6 Å². The maximum atomic E-state index is 12.4. The third-order valence-corrected chi connectivity index (χ3v) is 4.27. The molecule has 0 radical (unpaired) electrons. The molecule has 0 aliphatic carbocycles. The standard InChI is InChI=1S/C22H16N4O5/c27-21(25-18-8-4-5-9-20(18)31-16-6-2-1-3-7-16)13-30-22-17-11-10-15(26(28)29)12-19(17)23-14-24-22/h1-12,14H,13H2,(H,25,27). The maximum absolute atomic E-state index is 12.4. The van der Waals surface area contributed by atoms with Gasteiger partial charge in [-0.2, -0.15) is 0 Å². The number of rotatable bonds is 7. The first kappa shape index (κ1) is 19.8. The number of ether oxygens (including phenoxy) is 2. The topological polar surface area (TPSA) is 116 Å². The van der Waals surface area contributed by atoms with Gasteiger partial charge in [-0.15, -0.1) is 0 Å². The molecule has 4 aromatic rings. The van der Waals surface area contributed by atoms with Crippen molar-refractivity contribution < 1.29 is 19.2 Å². The van der Waals surface area contributed by atoms with Gasteiger partial charge in [0, 0.05) is 12.1 Å². The summed E-state index contributed by atoms with van der Waals surface area (Å²) in [5.74, 6) is 0.866. The van der Waals surface area contributed by atoms with Crippen LogP contribution in [0.25, 0.3) is 10.9 Å². The van der Waals surface area contributed by atoms with E-state index in [1.54, 1.807) is 24.3 Å². The number of nitro benzene ring substituents is 1. The number of amides is 1. The van der Waals surface area contributed by atoms with Gasteiger partial charge in [0.1, 0.15) is 12.1 Å². The van der Waals surface area contributed by atoms with Crippen molar-refractivity contribution in [3.8, 4) is 17.4 Å². The second-order valence-electron chi connectivity index (χ2n) is 6.39. The average Bonchev–Trinajstić information content (AvgIpc) is 2.79. The van der Waals surface area contributed by atoms with Crippen molar-refractivity contribution in [1.82, 2.24) is 9.97 Å². The summed E-state index contributed by atoms with van der Waals surface area (Å²) in [4.78, 5) is 30.9. The number of benzene rings is 3. The van der Waals surface area contributed by atoms with Crippen LogP contribution in [0.15, 0.2) is 79.1 Å². The molecule has 0 atom stereocenters. The molecular weight excluding hydrogens is 400 g/mol. The Morgan fingerprint density at radius 1 is 1.00 bits per heavy atom. The lowest BCUT2D eigenvalue weighted by Gasteiger charge is -2.12. The summed E-state index contributed by atoms with van der Waals surface area (Å²) in [6, 6.07) is 20.4. The van der Waals surface area contributed by atoms with Crippen molar-refractivity contribution in [2.75, 3.05) is 11.9 Å². The Morgan fingerprint density at radius 2 is 1.77 bits per heavy atom. The van der Waals surface area contributed by atoms with Gasteiger partial charge in [-0.1, -0.05) is 30.3 Å². The van der Waals surface area contributed by atoms with E-state index < -0.39 is 10.8 Å². The van der Waals surface area contributed by atoms with Crippen molar-refractivity contribution in [2.45, 2.75) is 0 Å². The summed E-state index contributed by atoms with van der Waals surface area (Å²) in [7, 11) is 0. The minimum absolute atomic E-state index is 0.0927. The molecule has 9 nitrogen and oxygen atoms in total. The number of nitrogens with one attached hydrogen (secondary N) is 1. The summed E-state index contributed by atoms with van der Waals surface area (Å²) < 4.78 is 11.4. The molecule has 0 saturated carbocycles.